The Bertz CT molecular complexity index is 1080. The average Bonchev–Trinajstić information content (AvgIpc) is 3.38. The van der Waals surface area contributed by atoms with Crippen LogP contribution >= 0.6 is 0 Å². The van der Waals surface area contributed by atoms with E-state index in [0.29, 0.717) is 23.8 Å². The number of aryl methyl sites for hydroxylation is 3. The van der Waals surface area contributed by atoms with Gasteiger partial charge in [-0.25, -0.2) is 14.8 Å². The van der Waals surface area contributed by atoms with Crippen LogP contribution in [0, 0.1) is 0 Å². The lowest BCUT2D eigenvalue weighted by molar-refractivity contribution is -0.192. The number of carbonyl (C=O) groups is 1. The van der Waals surface area contributed by atoms with Gasteiger partial charge in [-0.05, 0) is 12.1 Å². The maximum absolute atomic E-state index is 10.6. The Kier molecular flexibility index (Phi) is 5.61. The quantitative estimate of drug-likeness (QED) is 0.532. The molecule has 3 heterocycles. The van der Waals surface area contributed by atoms with Crippen molar-refractivity contribution in [2.75, 3.05) is 0 Å². The summed E-state index contributed by atoms with van der Waals surface area (Å²) >= 11 is 0. The maximum atomic E-state index is 10.6. The average molecular weight is 408 g/mol. The summed E-state index contributed by atoms with van der Waals surface area (Å²) in [4.78, 5) is 25.3. The molecule has 0 aliphatic carbocycles. The number of nitrogens with one attached hydrogen (secondary N) is 1. The first-order chi connectivity index (χ1) is 13.7. The van der Waals surface area contributed by atoms with Crippen LogP contribution in [-0.4, -0.2) is 46.9 Å². The second-order valence-corrected chi connectivity index (χ2v) is 5.94. The van der Waals surface area contributed by atoms with Crippen LogP contribution in [0.4, 0.5) is 13.2 Å². The predicted octanol–water partition coefficient (Wildman–Crippen LogP) is 2.76. The molecular formula is C17H15F3N6O3. The molecule has 152 valence electrons. The zero-order valence-corrected chi connectivity index (χ0v) is 15.0. The molecule has 0 spiro atoms. The van der Waals surface area contributed by atoms with Crippen LogP contribution in [0.2, 0.25) is 0 Å². The number of aromatic amines is 1. The number of carboxylic acids is 1. The fourth-order valence-corrected chi connectivity index (χ4v) is 2.34. The molecular weight excluding hydrogens is 393 g/mol. The highest BCUT2D eigenvalue weighted by Gasteiger charge is 2.38. The van der Waals surface area contributed by atoms with E-state index < -0.39 is 12.1 Å². The Morgan fingerprint density at radius 2 is 1.97 bits per heavy atom. The predicted molar refractivity (Wildman–Crippen MR) is 93.7 cm³/mol. The molecule has 2 N–H and O–H groups in total. The summed E-state index contributed by atoms with van der Waals surface area (Å²) in [6.07, 6.45) is -0.161. The number of nitrogens with zero attached hydrogens (tertiary/aromatic N) is 5. The number of alkyl halides is 3. The SMILES string of the molecule is Cn1cnc(-c2noc(CCc3nc4ccccc4[nH]3)n2)c1.O=C(O)C(F)(F)F. The molecule has 0 aliphatic heterocycles. The highest BCUT2D eigenvalue weighted by atomic mass is 19.4. The Labute approximate surface area is 161 Å². The lowest BCUT2D eigenvalue weighted by atomic mass is 10.3. The van der Waals surface area contributed by atoms with E-state index in [1.54, 1.807) is 6.33 Å². The monoisotopic (exact) mass is 408 g/mol. The van der Waals surface area contributed by atoms with Crippen LogP contribution in [-0.2, 0) is 24.7 Å². The van der Waals surface area contributed by atoms with Gasteiger partial charge in [0.05, 0.1) is 17.4 Å². The first-order valence-corrected chi connectivity index (χ1v) is 8.27. The van der Waals surface area contributed by atoms with Crippen molar-refractivity contribution in [3.05, 3.63) is 48.5 Å². The fraction of sp³-hybridized carbons (Fsp3) is 0.235. The van der Waals surface area contributed by atoms with Gasteiger partial charge in [0.2, 0.25) is 11.7 Å². The van der Waals surface area contributed by atoms with Crippen LogP contribution < -0.4 is 0 Å². The third-order valence-electron chi connectivity index (χ3n) is 3.66. The normalized spacial score (nSPS) is 11.3. The van der Waals surface area contributed by atoms with Crippen LogP contribution in [0.15, 0.2) is 41.3 Å². The van der Waals surface area contributed by atoms with Crippen molar-refractivity contribution in [2.24, 2.45) is 7.05 Å². The van der Waals surface area contributed by atoms with Gasteiger partial charge < -0.3 is 19.2 Å². The summed E-state index contributed by atoms with van der Waals surface area (Å²) in [5.41, 5.74) is 2.72. The standard InChI is InChI=1S/C15H14N6O.C2HF3O2/c1-21-8-12(16-9-21)15-19-14(22-20-15)7-6-13-17-10-4-2-3-5-11(10)18-13;3-2(4,5)1(6)7/h2-5,8-9H,6-7H2,1H3,(H,17,18);(H,6,7). The molecule has 0 amide bonds. The summed E-state index contributed by atoms with van der Waals surface area (Å²) in [7, 11) is 1.90. The first-order valence-electron chi connectivity index (χ1n) is 8.27. The van der Waals surface area contributed by atoms with Gasteiger partial charge in [0.1, 0.15) is 11.5 Å². The zero-order chi connectivity index (χ0) is 21.0. The minimum absolute atomic E-state index is 0.514. The van der Waals surface area contributed by atoms with Crippen LogP contribution in [0.5, 0.6) is 0 Å². The lowest BCUT2D eigenvalue weighted by Crippen LogP contribution is -2.21. The largest absolute Gasteiger partial charge is 0.490 e. The highest BCUT2D eigenvalue weighted by molar-refractivity contribution is 5.74. The summed E-state index contributed by atoms with van der Waals surface area (Å²) in [5, 5.41) is 11.1. The van der Waals surface area contributed by atoms with Gasteiger partial charge in [-0.15, -0.1) is 0 Å². The second kappa shape index (κ2) is 8.12. The molecule has 0 bridgehead atoms. The number of H-pyrrole nitrogens is 1. The lowest BCUT2D eigenvalue weighted by Gasteiger charge is -1.93. The number of imidazole rings is 2. The maximum Gasteiger partial charge on any atom is 0.490 e. The number of aromatic nitrogens is 6. The Morgan fingerprint density at radius 3 is 2.59 bits per heavy atom. The molecule has 1 aromatic carbocycles. The summed E-state index contributed by atoms with van der Waals surface area (Å²) < 4.78 is 38.9. The molecule has 9 nitrogen and oxygen atoms in total. The van der Waals surface area contributed by atoms with Gasteiger partial charge in [0.15, 0.2) is 0 Å². The molecule has 4 rings (SSSR count). The number of rotatable bonds is 4. The molecule has 0 radical (unpaired) electrons. The van der Waals surface area contributed by atoms with E-state index in [4.69, 9.17) is 14.4 Å². The number of halogens is 3. The van der Waals surface area contributed by atoms with Crippen LogP contribution in [0.25, 0.3) is 22.6 Å². The fourth-order valence-electron chi connectivity index (χ4n) is 2.34. The molecule has 12 heteroatoms. The number of aliphatic carboxylic acids is 1. The molecule has 0 saturated heterocycles. The number of hydrogen-bond acceptors (Lipinski definition) is 6. The zero-order valence-electron chi connectivity index (χ0n) is 15.0. The summed E-state index contributed by atoms with van der Waals surface area (Å²) in [6.45, 7) is 0. The van der Waals surface area contributed by atoms with E-state index in [2.05, 4.69) is 25.1 Å². The third-order valence-corrected chi connectivity index (χ3v) is 3.66. The van der Waals surface area contributed by atoms with E-state index in [1.807, 2.05) is 42.1 Å². The molecule has 29 heavy (non-hydrogen) atoms. The van der Waals surface area contributed by atoms with Gasteiger partial charge in [-0.1, -0.05) is 17.3 Å². The Morgan fingerprint density at radius 1 is 1.24 bits per heavy atom. The molecule has 0 unspecified atom stereocenters. The van der Waals surface area contributed by atoms with Crippen molar-refractivity contribution in [1.29, 1.82) is 0 Å². The molecule has 0 saturated carbocycles. The third kappa shape index (κ3) is 5.18. The van der Waals surface area contributed by atoms with Crippen molar-refractivity contribution in [1.82, 2.24) is 29.7 Å². The second-order valence-electron chi connectivity index (χ2n) is 5.94. The first kappa shape index (κ1) is 20.0. The van der Waals surface area contributed by atoms with Gasteiger partial charge >= 0.3 is 12.1 Å². The van der Waals surface area contributed by atoms with Gasteiger partial charge in [0, 0.05) is 26.1 Å². The van der Waals surface area contributed by atoms with Crippen molar-refractivity contribution in [2.45, 2.75) is 19.0 Å². The number of hydrogen-bond donors (Lipinski definition) is 2. The van der Waals surface area contributed by atoms with Crippen molar-refractivity contribution < 1.29 is 27.6 Å². The van der Waals surface area contributed by atoms with Crippen LogP contribution in [0.1, 0.15) is 11.7 Å². The van der Waals surface area contributed by atoms with E-state index in [0.717, 1.165) is 23.3 Å². The molecule has 0 atom stereocenters. The smallest absolute Gasteiger partial charge is 0.475 e. The molecule has 3 aromatic heterocycles. The Balaban J connectivity index is 0.000000298. The van der Waals surface area contributed by atoms with Crippen molar-refractivity contribution in [3.63, 3.8) is 0 Å². The Hall–Kier alpha value is -3.70. The van der Waals surface area contributed by atoms with Crippen molar-refractivity contribution >= 4 is 17.0 Å². The van der Waals surface area contributed by atoms with E-state index >= 15 is 0 Å². The minimum Gasteiger partial charge on any atom is -0.475 e. The number of benzene rings is 1. The molecule has 0 fully saturated rings. The topological polar surface area (TPSA) is 123 Å². The van der Waals surface area contributed by atoms with E-state index in [9.17, 15) is 13.2 Å². The summed E-state index contributed by atoms with van der Waals surface area (Å²) in [5.74, 6) is -0.743. The van der Waals surface area contributed by atoms with Crippen molar-refractivity contribution in [3.8, 4) is 11.5 Å². The van der Waals surface area contributed by atoms with Crippen LogP contribution in [0.3, 0.4) is 0 Å². The van der Waals surface area contributed by atoms with E-state index in [1.165, 1.54) is 0 Å². The molecule has 0 aliphatic rings. The number of fused-ring (bicyclic) bond motifs is 1. The number of para-hydroxylation sites is 2. The number of carboxylic acid groups (broad SMARTS) is 1. The van der Waals surface area contributed by atoms with E-state index in [-0.39, 0.29) is 0 Å². The molecule has 4 aromatic rings. The van der Waals surface area contributed by atoms with Gasteiger partial charge in [-0.3, -0.25) is 0 Å². The van der Waals surface area contributed by atoms with Gasteiger partial charge in [0.25, 0.3) is 0 Å². The summed E-state index contributed by atoms with van der Waals surface area (Å²) in [6, 6.07) is 7.96. The van der Waals surface area contributed by atoms with Gasteiger partial charge in [-0.2, -0.15) is 18.2 Å². The minimum atomic E-state index is -5.08. The highest BCUT2D eigenvalue weighted by Crippen LogP contribution is 2.15.